The van der Waals surface area contributed by atoms with E-state index in [2.05, 4.69) is 0 Å². The van der Waals surface area contributed by atoms with Gasteiger partial charge >= 0.3 is 5.97 Å². The van der Waals surface area contributed by atoms with Crippen molar-refractivity contribution in [1.29, 1.82) is 0 Å². The number of benzene rings is 1. The topological polar surface area (TPSA) is 52.3 Å². The van der Waals surface area contributed by atoms with Crippen LogP contribution in [0.2, 0.25) is 10.0 Å². The van der Waals surface area contributed by atoms with E-state index in [0.29, 0.717) is 12.3 Å². The van der Waals surface area contributed by atoms with E-state index >= 15 is 0 Å². The first-order chi connectivity index (χ1) is 7.41. The van der Waals surface area contributed by atoms with E-state index in [1.165, 1.54) is 12.1 Å². The first-order valence-corrected chi connectivity index (χ1v) is 5.59. The van der Waals surface area contributed by atoms with Crippen LogP contribution >= 0.6 is 23.2 Å². The molecule has 1 aromatic rings. The Bertz CT molecular complexity index is 405. The van der Waals surface area contributed by atoms with Crippen LogP contribution in [0.4, 0.5) is 5.69 Å². The lowest BCUT2D eigenvalue weighted by Crippen LogP contribution is -2.11. The van der Waals surface area contributed by atoms with Crippen molar-refractivity contribution in [2.45, 2.75) is 13.8 Å². The maximum atomic E-state index is 11.7. The lowest BCUT2D eigenvalue weighted by atomic mass is 10.2. The molecule has 0 fully saturated rings. The molecule has 1 rings (SSSR count). The second kappa shape index (κ2) is 5.41. The van der Waals surface area contributed by atoms with Gasteiger partial charge in [0.2, 0.25) is 0 Å². The molecule has 0 unspecified atom stereocenters. The second-order valence-corrected chi connectivity index (χ2v) is 4.64. The zero-order valence-electron chi connectivity index (χ0n) is 9.09. The fourth-order valence-electron chi connectivity index (χ4n) is 1.08. The summed E-state index contributed by atoms with van der Waals surface area (Å²) >= 11 is 11.7. The third-order valence-corrected chi connectivity index (χ3v) is 2.62. The Balaban J connectivity index is 2.91. The van der Waals surface area contributed by atoms with Crippen LogP contribution in [-0.2, 0) is 4.74 Å². The van der Waals surface area contributed by atoms with Crippen LogP contribution in [0.5, 0.6) is 0 Å². The number of halogens is 2. The van der Waals surface area contributed by atoms with E-state index in [9.17, 15) is 4.79 Å². The molecular weight excluding hydrogens is 249 g/mol. The van der Waals surface area contributed by atoms with Crippen molar-refractivity contribution in [3.63, 3.8) is 0 Å². The third-order valence-electron chi connectivity index (χ3n) is 1.82. The summed E-state index contributed by atoms with van der Waals surface area (Å²) in [5.41, 5.74) is 6.15. The highest BCUT2D eigenvalue weighted by Gasteiger charge is 2.15. The summed E-state index contributed by atoms with van der Waals surface area (Å²) in [4.78, 5) is 11.7. The molecule has 0 aliphatic heterocycles. The number of hydrogen-bond acceptors (Lipinski definition) is 3. The van der Waals surface area contributed by atoms with Gasteiger partial charge in [-0.25, -0.2) is 4.79 Å². The van der Waals surface area contributed by atoms with Crippen molar-refractivity contribution >= 4 is 34.9 Å². The Kier molecular flexibility index (Phi) is 4.44. The smallest absolute Gasteiger partial charge is 0.339 e. The van der Waals surface area contributed by atoms with E-state index in [1.54, 1.807) is 0 Å². The number of carbonyl (C=O) groups is 1. The number of esters is 1. The summed E-state index contributed by atoms with van der Waals surface area (Å²) in [6.07, 6.45) is 0. The lowest BCUT2D eigenvalue weighted by molar-refractivity contribution is 0.0459. The molecule has 0 aliphatic rings. The van der Waals surface area contributed by atoms with Gasteiger partial charge in [0.15, 0.2) is 0 Å². The Morgan fingerprint density at radius 3 is 2.62 bits per heavy atom. The van der Waals surface area contributed by atoms with Crippen molar-refractivity contribution in [3.8, 4) is 0 Å². The third kappa shape index (κ3) is 3.29. The molecular formula is C11H13Cl2NO2. The van der Waals surface area contributed by atoms with Crippen LogP contribution in [0.1, 0.15) is 24.2 Å². The maximum absolute atomic E-state index is 11.7. The van der Waals surface area contributed by atoms with Crippen LogP contribution < -0.4 is 5.73 Å². The highest BCUT2D eigenvalue weighted by Crippen LogP contribution is 2.29. The molecule has 88 valence electrons. The predicted octanol–water partition coefficient (Wildman–Crippen LogP) is 3.39. The molecule has 0 aliphatic carbocycles. The fourth-order valence-corrected chi connectivity index (χ4v) is 1.49. The average molecular weight is 262 g/mol. The van der Waals surface area contributed by atoms with Crippen LogP contribution in [-0.4, -0.2) is 12.6 Å². The van der Waals surface area contributed by atoms with E-state index < -0.39 is 5.97 Å². The van der Waals surface area contributed by atoms with E-state index in [1.807, 2.05) is 13.8 Å². The zero-order chi connectivity index (χ0) is 12.3. The highest BCUT2D eigenvalue weighted by molar-refractivity contribution is 6.44. The van der Waals surface area contributed by atoms with E-state index in [4.69, 9.17) is 33.7 Å². The lowest BCUT2D eigenvalue weighted by Gasteiger charge is -2.09. The molecule has 0 bridgehead atoms. The minimum Gasteiger partial charge on any atom is -0.462 e. The number of carbonyl (C=O) groups excluding carboxylic acids is 1. The van der Waals surface area contributed by atoms with Gasteiger partial charge in [-0.3, -0.25) is 0 Å². The predicted molar refractivity (Wildman–Crippen MR) is 66.0 cm³/mol. The van der Waals surface area contributed by atoms with Gasteiger partial charge in [-0.1, -0.05) is 37.0 Å². The van der Waals surface area contributed by atoms with Gasteiger partial charge in [0.25, 0.3) is 0 Å². The van der Waals surface area contributed by atoms with Crippen molar-refractivity contribution in [1.82, 2.24) is 0 Å². The van der Waals surface area contributed by atoms with Gasteiger partial charge < -0.3 is 10.5 Å². The van der Waals surface area contributed by atoms with Gasteiger partial charge in [0, 0.05) is 5.69 Å². The van der Waals surface area contributed by atoms with Crippen molar-refractivity contribution < 1.29 is 9.53 Å². The highest BCUT2D eigenvalue weighted by atomic mass is 35.5. The Hall–Kier alpha value is -0.930. The van der Waals surface area contributed by atoms with Crippen LogP contribution in [0.15, 0.2) is 12.1 Å². The molecule has 0 heterocycles. The van der Waals surface area contributed by atoms with Crippen LogP contribution in [0, 0.1) is 5.92 Å². The van der Waals surface area contributed by atoms with Crippen molar-refractivity contribution in [2.24, 2.45) is 5.92 Å². The van der Waals surface area contributed by atoms with Crippen LogP contribution in [0.25, 0.3) is 0 Å². The van der Waals surface area contributed by atoms with Crippen molar-refractivity contribution in [2.75, 3.05) is 12.3 Å². The normalized spacial score (nSPS) is 10.6. The Morgan fingerprint density at radius 2 is 2.06 bits per heavy atom. The average Bonchev–Trinajstić information content (AvgIpc) is 2.19. The Labute approximate surface area is 104 Å². The number of nitrogens with two attached hydrogens (primary N) is 1. The molecule has 0 radical (unpaired) electrons. The second-order valence-electron chi connectivity index (χ2n) is 3.86. The van der Waals surface area contributed by atoms with Gasteiger partial charge in [-0.2, -0.15) is 0 Å². The molecule has 0 saturated heterocycles. The summed E-state index contributed by atoms with van der Waals surface area (Å²) < 4.78 is 5.04. The fraction of sp³-hybridized carbons (Fsp3) is 0.364. The summed E-state index contributed by atoms with van der Waals surface area (Å²) in [6, 6.07) is 2.94. The summed E-state index contributed by atoms with van der Waals surface area (Å²) in [6.45, 7) is 4.23. The number of hydrogen-bond donors (Lipinski definition) is 1. The first-order valence-electron chi connectivity index (χ1n) is 4.83. The first kappa shape index (κ1) is 13.1. The maximum Gasteiger partial charge on any atom is 0.339 e. The minimum atomic E-state index is -0.507. The van der Waals surface area contributed by atoms with Gasteiger partial charge in [-0.15, -0.1) is 0 Å². The van der Waals surface area contributed by atoms with Gasteiger partial charge in [-0.05, 0) is 18.1 Å². The molecule has 0 aromatic heterocycles. The Morgan fingerprint density at radius 1 is 1.44 bits per heavy atom. The molecule has 16 heavy (non-hydrogen) atoms. The summed E-state index contributed by atoms with van der Waals surface area (Å²) in [5.74, 6) is -0.243. The molecule has 0 saturated carbocycles. The van der Waals surface area contributed by atoms with Crippen LogP contribution in [0.3, 0.4) is 0 Å². The summed E-state index contributed by atoms with van der Waals surface area (Å²) in [7, 11) is 0. The summed E-state index contributed by atoms with van der Waals surface area (Å²) in [5, 5.41) is 0.419. The molecule has 3 nitrogen and oxygen atoms in total. The van der Waals surface area contributed by atoms with Gasteiger partial charge in [0.05, 0.1) is 22.2 Å². The zero-order valence-corrected chi connectivity index (χ0v) is 10.6. The number of nitrogen functional groups attached to an aromatic ring is 1. The van der Waals surface area contributed by atoms with E-state index in [0.717, 1.165) is 0 Å². The number of ether oxygens (including phenoxy) is 1. The monoisotopic (exact) mass is 261 g/mol. The quantitative estimate of drug-likeness (QED) is 0.671. The number of anilines is 1. The van der Waals surface area contributed by atoms with E-state index in [-0.39, 0.29) is 21.5 Å². The molecule has 2 N–H and O–H groups in total. The van der Waals surface area contributed by atoms with Crippen molar-refractivity contribution in [3.05, 3.63) is 27.7 Å². The molecule has 0 atom stereocenters. The minimum absolute atomic E-state index is 0.171. The molecule has 0 spiro atoms. The SMILES string of the molecule is CC(C)COC(=O)c1cc(N)cc(Cl)c1Cl. The number of rotatable bonds is 3. The molecule has 0 amide bonds. The largest absolute Gasteiger partial charge is 0.462 e. The molecule has 1 aromatic carbocycles. The molecule has 5 heteroatoms. The van der Waals surface area contributed by atoms with Gasteiger partial charge in [0.1, 0.15) is 0 Å². The standard InChI is InChI=1S/C11H13Cl2NO2/c1-6(2)5-16-11(15)8-3-7(14)4-9(12)10(8)13/h3-4,6H,5,14H2,1-2H3.